The van der Waals surface area contributed by atoms with Crippen molar-refractivity contribution < 1.29 is 23.8 Å². The fourth-order valence-corrected chi connectivity index (χ4v) is 5.30. The van der Waals surface area contributed by atoms with Gasteiger partial charge < -0.3 is 24.4 Å². The zero-order chi connectivity index (χ0) is 25.5. The highest BCUT2D eigenvalue weighted by Crippen LogP contribution is 2.32. The van der Waals surface area contributed by atoms with Crippen molar-refractivity contribution in [2.75, 3.05) is 21.3 Å². The number of methoxy groups -OCH3 is 3. The Bertz CT molecular complexity index is 1160. The van der Waals surface area contributed by atoms with Crippen LogP contribution in [0.1, 0.15) is 52.5 Å². The highest BCUT2D eigenvalue weighted by molar-refractivity contribution is 7.09. The molecule has 0 saturated heterocycles. The third kappa shape index (κ3) is 5.82. The summed E-state index contributed by atoms with van der Waals surface area (Å²) < 4.78 is 16.1. The number of ether oxygens (including phenoxy) is 3. The summed E-state index contributed by atoms with van der Waals surface area (Å²) in [5, 5.41) is 5.18. The van der Waals surface area contributed by atoms with E-state index in [0.717, 1.165) is 36.1 Å². The van der Waals surface area contributed by atoms with Gasteiger partial charge in [-0.05, 0) is 60.2 Å². The molecule has 1 atom stereocenters. The second-order valence-electron chi connectivity index (χ2n) is 8.75. The SMILES string of the molecule is COc1ccc(C(C(=O)NC2CCCC2)N(Cc2cccs2)C(=O)c2ccc(OC)c(OC)c2)cc1. The van der Waals surface area contributed by atoms with Gasteiger partial charge in [-0.3, -0.25) is 9.59 Å². The number of carbonyl (C=O) groups excluding carboxylic acids is 2. The minimum atomic E-state index is -0.820. The molecule has 1 heterocycles. The van der Waals surface area contributed by atoms with Crippen molar-refractivity contribution >= 4 is 23.2 Å². The van der Waals surface area contributed by atoms with Crippen LogP contribution in [0, 0.1) is 0 Å². The second-order valence-corrected chi connectivity index (χ2v) is 9.78. The molecule has 3 aromatic rings. The molecule has 1 N–H and O–H groups in total. The summed E-state index contributed by atoms with van der Waals surface area (Å²) in [6.07, 6.45) is 4.11. The van der Waals surface area contributed by atoms with Gasteiger partial charge in [-0.2, -0.15) is 0 Å². The number of benzene rings is 2. The zero-order valence-corrected chi connectivity index (χ0v) is 21.7. The van der Waals surface area contributed by atoms with Crippen molar-refractivity contribution in [3.05, 3.63) is 76.0 Å². The molecular weight excluding hydrogens is 476 g/mol. The molecule has 0 bridgehead atoms. The van der Waals surface area contributed by atoms with Crippen molar-refractivity contribution in [3.8, 4) is 17.2 Å². The Morgan fingerprint density at radius 3 is 2.31 bits per heavy atom. The van der Waals surface area contributed by atoms with Crippen LogP contribution in [0.25, 0.3) is 0 Å². The van der Waals surface area contributed by atoms with Gasteiger partial charge >= 0.3 is 0 Å². The summed E-state index contributed by atoms with van der Waals surface area (Å²) in [5.74, 6) is 1.22. The molecule has 1 saturated carbocycles. The first-order valence-corrected chi connectivity index (χ1v) is 12.9. The Labute approximate surface area is 216 Å². The lowest BCUT2D eigenvalue weighted by atomic mass is 10.0. The third-order valence-corrected chi connectivity index (χ3v) is 7.35. The van der Waals surface area contributed by atoms with Crippen molar-refractivity contribution in [1.29, 1.82) is 0 Å². The summed E-state index contributed by atoms with van der Waals surface area (Å²) in [7, 11) is 4.68. The Morgan fingerprint density at radius 1 is 0.972 bits per heavy atom. The molecule has 190 valence electrons. The van der Waals surface area contributed by atoms with E-state index in [4.69, 9.17) is 14.2 Å². The number of hydrogen-bond acceptors (Lipinski definition) is 6. The van der Waals surface area contributed by atoms with E-state index in [1.165, 1.54) is 7.11 Å². The molecule has 2 amide bonds. The monoisotopic (exact) mass is 508 g/mol. The molecule has 4 rings (SSSR count). The van der Waals surface area contributed by atoms with Crippen LogP contribution in [0.15, 0.2) is 60.0 Å². The molecule has 36 heavy (non-hydrogen) atoms. The minimum Gasteiger partial charge on any atom is -0.497 e. The van der Waals surface area contributed by atoms with E-state index in [-0.39, 0.29) is 17.9 Å². The van der Waals surface area contributed by atoms with Gasteiger partial charge in [0.15, 0.2) is 11.5 Å². The van der Waals surface area contributed by atoms with E-state index in [0.29, 0.717) is 29.4 Å². The average Bonchev–Trinajstić information content (AvgIpc) is 3.62. The van der Waals surface area contributed by atoms with Gasteiger partial charge in [0.2, 0.25) is 5.91 Å². The number of carbonyl (C=O) groups is 2. The molecular formula is C28H32N2O5S. The summed E-state index contributed by atoms with van der Waals surface area (Å²) in [6, 6.07) is 15.6. The fraction of sp³-hybridized carbons (Fsp3) is 0.357. The summed E-state index contributed by atoms with van der Waals surface area (Å²) in [5.41, 5.74) is 1.13. The van der Waals surface area contributed by atoms with Gasteiger partial charge in [0.1, 0.15) is 11.8 Å². The van der Waals surface area contributed by atoms with Crippen molar-refractivity contribution in [3.63, 3.8) is 0 Å². The average molecular weight is 509 g/mol. The van der Waals surface area contributed by atoms with Crippen LogP contribution in [0.4, 0.5) is 0 Å². The van der Waals surface area contributed by atoms with Gasteiger partial charge in [-0.15, -0.1) is 11.3 Å². The van der Waals surface area contributed by atoms with E-state index >= 15 is 0 Å². The lowest BCUT2D eigenvalue weighted by Crippen LogP contribution is -2.45. The first-order valence-electron chi connectivity index (χ1n) is 12.0. The standard InChI is InChI=1S/C28H32N2O5S/c1-33-22-13-10-19(11-14-22)26(27(31)29-21-7-4-5-8-21)30(18-23-9-6-16-36-23)28(32)20-12-15-24(34-2)25(17-20)35-3/h6,9-17,21,26H,4-5,7-8,18H2,1-3H3,(H,29,31). The van der Waals surface area contributed by atoms with Crippen LogP contribution in [0.2, 0.25) is 0 Å². The van der Waals surface area contributed by atoms with Crippen LogP contribution >= 0.6 is 11.3 Å². The first kappa shape index (κ1) is 25.6. The van der Waals surface area contributed by atoms with Crippen LogP contribution < -0.4 is 19.5 Å². The molecule has 1 unspecified atom stereocenters. The van der Waals surface area contributed by atoms with Crippen LogP contribution in [-0.4, -0.2) is 44.1 Å². The topological polar surface area (TPSA) is 77.1 Å². The van der Waals surface area contributed by atoms with E-state index in [1.54, 1.807) is 48.7 Å². The molecule has 1 aliphatic carbocycles. The van der Waals surface area contributed by atoms with Gasteiger partial charge in [-0.1, -0.05) is 31.0 Å². The lowest BCUT2D eigenvalue weighted by molar-refractivity contribution is -0.126. The molecule has 1 aliphatic rings. The molecule has 2 aromatic carbocycles. The summed E-state index contributed by atoms with van der Waals surface area (Å²) in [4.78, 5) is 30.5. The van der Waals surface area contributed by atoms with Crippen molar-refractivity contribution in [2.45, 2.75) is 44.3 Å². The van der Waals surface area contributed by atoms with Gasteiger partial charge in [0, 0.05) is 16.5 Å². The molecule has 1 aromatic heterocycles. The number of thiophene rings is 1. The largest absolute Gasteiger partial charge is 0.497 e. The number of hydrogen-bond donors (Lipinski definition) is 1. The van der Waals surface area contributed by atoms with Gasteiger partial charge in [0.25, 0.3) is 5.91 Å². The van der Waals surface area contributed by atoms with Gasteiger partial charge in [-0.25, -0.2) is 0 Å². The van der Waals surface area contributed by atoms with Crippen LogP contribution in [0.5, 0.6) is 17.2 Å². The number of nitrogens with one attached hydrogen (secondary N) is 1. The fourth-order valence-electron chi connectivity index (χ4n) is 4.60. The molecule has 0 spiro atoms. The van der Waals surface area contributed by atoms with Crippen molar-refractivity contribution in [1.82, 2.24) is 10.2 Å². The number of rotatable bonds is 10. The van der Waals surface area contributed by atoms with Crippen LogP contribution in [0.3, 0.4) is 0 Å². The van der Waals surface area contributed by atoms with Crippen LogP contribution in [-0.2, 0) is 11.3 Å². The maximum Gasteiger partial charge on any atom is 0.255 e. The Kier molecular flexibility index (Phi) is 8.48. The van der Waals surface area contributed by atoms with E-state index in [1.807, 2.05) is 41.8 Å². The highest BCUT2D eigenvalue weighted by Gasteiger charge is 2.34. The number of nitrogens with zero attached hydrogens (tertiary/aromatic N) is 1. The molecule has 8 heteroatoms. The van der Waals surface area contributed by atoms with E-state index in [9.17, 15) is 9.59 Å². The zero-order valence-electron chi connectivity index (χ0n) is 20.9. The molecule has 7 nitrogen and oxygen atoms in total. The van der Waals surface area contributed by atoms with E-state index < -0.39 is 6.04 Å². The molecule has 0 radical (unpaired) electrons. The highest BCUT2D eigenvalue weighted by atomic mass is 32.1. The Hall–Kier alpha value is -3.52. The predicted octanol–water partition coefficient (Wildman–Crippen LogP) is 5.22. The van der Waals surface area contributed by atoms with Gasteiger partial charge in [0.05, 0.1) is 27.9 Å². The normalized spacial score (nSPS) is 14.2. The first-order chi connectivity index (χ1) is 17.5. The Morgan fingerprint density at radius 2 is 1.69 bits per heavy atom. The molecule has 1 fully saturated rings. The maximum absolute atomic E-state index is 14.0. The van der Waals surface area contributed by atoms with Crippen molar-refractivity contribution in [2.24, 2.45) is 0 Å². The third-order valence-electron chi connectivity index (χ3n) is 6.49. The van der Waals surface area contributed by atoms with E-state index in [2.05, 4.69) is 5.32 Å². The maximum atomic E-state index is 14.0. The molecule has 0 aliphatic heterocycles. The summed E-state index contributed by atoms with van der Waals surface area (Å²) >= 11 is 1.55. The Balaban J connectivity index is 1.76. The minimum absolute atomic E-state index is 0.123. The lowest BCUT2D eigenvalue weighted by Gasteiger charge is -2.32. The smallest absolute Gasteiger partial charge is 0.255 e. The quantitative estimate of drug-likeness (QED) is 0.407. The predicted molar refractivity (Wildman–Crippen MR) is 140 cm³/mol. The second kappa shape index (κ2) is 11.9. The summed E-state index contributed by atoms with van der Waals surface area (Å²) in [6.45, 7) is 0.291. The number of amides is 2.